The van der Waals surface area contributed by atoms with Crippen LogP contribution < -0.4 is 10.1 Å². The van der Waals surface area contributed by atoms with E-state index in [0.717, 1.165) is 28.1 Å². The van der Waals surface area contributed by atoms with Gasteiger partial charge in [0.1, 0.15) is 5.75 Å². The minimum atomic E-state index is -0.284. The monoisotopic (exact) mass is 483 g/mol. The second-order valence-electron chi connectivity index (χ2n) is 9.15. The first-order chi connectivity index (χ1) is 17.7. The van der Waals surface area contributed by atoms with Gasteiger partial charge >= 0.3 is 0 Å². The van der Waals surface area contributed by atoms with E-state index in [-0.39, 0.29) is 6.23 Å². The number of nitrogens with one attached hydrogen (secondary N) is 1. The third-order valence-electron chi connectivity index (χ3n) is 6.97. The Morgan fingerprint density at radius 2 is 1.25 bits per heavy atom. The van der Waals surface area contributed by atoms with Gasteiger partial charge in [0.15, 0.2) is 6.23 Å². The molecular formula is C33H22ClNO. The van der Waals surface area contributed by atoms with E-state index in [4.69, 9.17) is 16.3 Å². The zero-order chi connectivity index (χ0) is 24.1. The van der Waals surface area contributed by atoms with Gasteiger partial charge in [-0.2, -0.15) is 0 Å². The maximum atomic E-state index is 6.62. The summed E-state index contributed by atoms with van der Waals surface area (Å²) in [4.78, 5) is 0. The predicted octanol–water partition coefficient (Wildman–Crippen LogP) is 9.48. The van der Waals surface area contributed by atoms with Crippen LogP contribution in [-0.4, -0.2) is 0 Å². The molecule has 3 heteroatoms. The van der Waals surface area contributed by atoms with Crippen LogP contribution in [0.1, 0.15) is 11.8 Å². The van der Waals surface area contributed by atoms with E-state index in [1.807, 2.05) is 18.2 Å². The van der Waals surface area contributed by atoms with Gasteiger partial charge in [0.2, 0.25) is 0 Å². The van der Waals surface area contributed by atoms with Crippen molar-refractivity contribution in [2.75, 3.05) is 5.32 Å². The average Bonchev–Trinajstić information content (AvgIpc) is 3.37. The van der Waals surface area contributed by atoms with Crippen LogP contribution in [0.25, 0.3) is 43.8 Å². The molecule has 0 spiro atoms. The van der Waals surface area contributed by atoms with Crippen LogP contribution in [0.5, 0.6) is 5.75 Å². The topological polar surface area (TPSA) is 21.3 Å². The predicted molar refractivity (Wildman–Crippen MR) is 151 cm³/mol. The molecule has 0 fully saturated rings. The molecule has 0 bridgehead atoms. The molecule has 1 heterocycles. The summed E-state index contributed by atoms with van der Waals surface area (Å²) in [5.74, 6) is 0.770. The molecule has 1 aliphatic heterocycles. The number of hydrogen-bond acceptors (Lipinski definition) is 2. The van der Waals surface area contributed by atoms with Gasteiger partial charge in [0.05, 0.1) is 5.69 Å². The van der Waals surface area contributed by atoms with Crippen molar-refractivity contribution in [3.8, 4) is 28.0 Å². The molecule has 1 N–H and O–H groups in total. The van der Waals surface area contributed by atoms with Crippen molar-refractivity contribution < 1.29 is 4.74 Å². The van der Waals surface area contributed by atoms with Crippen molar-refractivity contribution in [1.82, 2.24) is 0 Å². The Labute approximate surface area is 214 Å². The summed E-state index contributed by atoms with van der Waals surface area (Å²) < 4.78 is 6.39. The molecule has 6 aromatic rings. The second kappa shape index (κ2) is 8.44. The van der Waals surface area contributed by atoms with E-state index in [9.17, 15) is 0 Å². The van der Waals surface area contributed by atoms with Crippen LogP contribution in [0.2, 0.25) is 5.02 Å². The van der Waals surface area contributed by atoms with Gasteiger partial charge in [0, 0.05) is 22.2 Å². The van der Waals surface area contributed by atoms with Crippen LogP contribution in [0.15, 0.2) is 121 Å². The molecule has 1 atom stereocenters. The van der Waals surface area contributed by atoms with Crippen LogP contribution in [-0.2, 0) is 0 Å². The highest BCUT2D eigenvalue weighted by Crippen LogP contribution is 2.48. The minimum absolute atomic E-state index is 0.284. The van der Waals surface area contributed by atoms with Crippen LogP contribution >= 0.6 is 11.6 Å². The second-order valence-corrected chi connectivity index (χ2v) is 9.58. The SMILES string of the molecule is Clc1cc2c(c(-c3cc4ccccc4c4ccccc34)c1)NC(c1ccc(-c3ccccc3)cc1)O2. The van der Waals surface area contributed by atoms with E-state index in [1.165, 1.54) is 32.7 Å². The highest BCUT2D eigenvalue weighted by atomic mass is 35.5. The van der Waals surface area contributed by atoms with Crippen molar-refractivity contribution in [3.05, 3.63) is 132 Å². The number of halogens is 1. The van der Waals surface area contributed by atoms with E-state index < -0.39 is 0 Å². The van der Waals surface area contributed by atoms with E-state index in [1.54, 1.807) is 0 Å². The van der Waals surface area contributed by atoms with Gasteiger partial charge in [-0.05, 0) is 50.4 Å². The molecule has 0 saturated heterocycles. The standard InChI is InChI=1S/C33H22ClNO/c34-25-19-30(29-18-24-10-4-5-11-26(24)27-12-6-7-13-28(27)29)32-31(20-25)36-33(35-32)23-16-14-22(15-17-23)21-8-2-1-3-9-21/h1-20,33,35H. The summed E-state index contributed by atoms with van der Waals surface area (Å²) in [7, 11) is 0. The number of rotatable bonds is 3. The Bertz CT molecular complexity index is 1740. The highest BCUT2D eigenvalue weighted by molar-refractivity contribution is 6.31. The first-order valence-corrected chi connectivity index (χ1v) is 12.5. The smallest absolute Gasteiger partial charge is 0.196 e. The molecule has 6 aromatic carbocycles. The molecule has 2 nitrogen and oxygen atoms in total. The zero-order valence-electron chi connectivity index (χ0n) is 19.4. The molecule has 1 aliphatic rings. The molecule has 0 saturated carbocycles. The summed E-state index contributed by atoms with van der Waals surface area (Å²) in [6.07, 6.45) is -0.284. The molecule has 1 unspecified atom stereocenters. The number of anilines is 1. The molecule has 0 radical (unpaired) electrons. The van der Waals surface area contributed by atoms with Gasteiger partial charge in [-0.1, -0.05) is 115 Å². The number of fused-ring (bicyclic) bond motifs is 4. The summed E-state index contributed by atoms with van der Waals surface area (Å²) >= 11 is 6.62. The fourth-order valence-electron chi connectivity index (χ4n) is 5.23. The first-order valence-electron chi connectivity index (χ1n) is 12.1. The highest BCUT2D eigenvalue weighted by Gasteiger charge is 2.28. The lowest BCUT2D eigenvalue weighted by molar-refractivity contribution is 0.260. The van der Waals surface area contributed by atoms with Gasteiger partial charge in [-0.25, -0.2) is 0 Å². The van der Waals surface area contributed by atoms with Crippen molar-refractivity contribution in [3.63, 3.8) is 0 Å². The zero-order valence-corrected chi connectivity index (χ0v) is 20.2. The summed E-state index contributed by atoms with van der Waals surface area (Å²) in [6, 6.07) is 42.2. The summed E-state index contributed by atoms with van der Waals surface area (Å²) in [5, 5.41) is 9.16. The maximum absolute atomic E-state index is 6.62. The minimum Gasteiger partial charge on any atom is -0.464 e. The van der Waals surface area contributed by atoms with E-state index in [2.05, 4.69) is 108 Å². The molecular weight excluding hydrogens is 462 g/mol. The lowest BCUT2D eigenvalue weighted by atomic mass is 9.92. The fraction of sp³-hybridized carbons (Fsp3) is 0.0303. The molecule has 7 rings (SSSR count). The van der Waals surface area contributed by atoms with Crippen molar-refractivity contribution >= 4 is 38.8 Å². The fourth-order valence-corrected chi connectivity index (χ4v) is 5.44. The average molecular weight is 484 g/mol. The molecule has 0 aromatic heterocycles. The number of ether oxygens (including phenoxy) is 1. The third-order valence-corrected chi connectivity index (χ3v) is 7.18. The lowest BCUT2D eigenvalue weighted by Gasteiger charge is -2.15. The summed E-state index contributed by atoms with van der Waals surface area (Å²) in [5.41, 5.74) is 6.60. The van der Waals surface area contributed by atoms with Crippen molar-refractivity contribution in [2.45, 2.75) is 6.23 Å². The number of hydrogen-bond donors (Lipinski definition) is 1. The largest absolute Gasteiger partial charge is 0.464 e. The first kappa shape index (κ1) is 21.0. The van der Waals surface area contributed by atoms with Gasteiger partial charge in [-0.15, -0.1) is 0 Å². The van der Waals surface area contributed by atoms with E-state index in [0.29, 0.717) is 5.02 Å². The van der Waals surface area contributed by atoms with E-state index >= 15 is 0 Å². The Morgan fingerprint density at radius 3 is 2.06 bits per heavy atom. The normalized spacial score (nSPS) is 14.4. The Hall–Kier alpha value is -4.27. The van der Waals surface area contributed by atoms with Gasteiger partial charge < -0.3 is 10.1 Å². The lowest BCUT2D eigenvalue weighted by Crippen LogP contribution is -2.10. The van der Waals surface area contributed by atoms with Crippen LogP contribution in [0, 0.1) is 0 Å². The van der Waals surface area contributed by atoms with Gasteiger partial charge in [0.25, 0.3) is 0 Å². The number of benzene rings is 6. The molecule has 0 amide bonds. The van der Waals surface area contributed by atoms with Crippen LogP contribution in [0.4, 0.5) is 5.69 Å². The quantitative estimate of drug-likeness (QED) is 0.253. The van der Waals surface area contributed by atoms with Crippen LogP contribution in [0.3, 0.4) is 0 Å². The Morgan fingerprint density at radius 1 is 0.583 bits per heavy atom. The molecule has 36 heavy (non-hydrogen) atoms. The third kappa shape index (κ3) is 3.50. The molecule has 172 valence electrons. The Kier molecular flexibility index (Phi) is 4.93. The van der Waals surface area contributed by atoms with Gasteiger partial charge in [-0.3, -0.25) is 0 Å². The van der Waals surface area contributed by atoms with Crippen molar-refractivity contribution in [1.29, 1.82) is 0 Å². The Balaban J connectivity index is 1.32. The molecule has 0 aliphatic carbocycles. The maximum Gasteiger partial charge on any atom is 0.196 e. The van der Waals surface area contributed by atoms with Crippen molar-refractivity contribution in [2.24, 2.45) is 0 Å². The summed E-state index contributed by atoms with van der Waals surface area (Å²) in [6.45, 7) is 0.